The third-order valence-electron chi connectivity index (χ3n) is 5.20. The number of aliphatic imine (C=N–C) groups is 1. The molecule has 3 heterocycles. The number of aryl methyl sites for hydroxylation is 2. The Hall–Kier alpha value is -4.56. The van der Waals surface area contributed by atoms with E-state index in [1.165, 1.54) is 6.07 Å². The maximum atomic E-state index is 10.8. The van der Waals surface area contributed by atoms with Crippen LogP contribution in [0.1, 0.15) is 0 Å². The van der Waals surface area contributed by atoms with Gasteiger partial charge in [-0.1, -0.05) is 30.3 Å². The normalized spacial score (nSPS) is 12.3. The minimum Gasteiger partial charge on any atom is -0.377 e. The highest BCUT2D eigenvalue weighted by molar-refractivity contribution is 7.85. The number of hydrogen-bond acceptors (Lipinski definition) is 9. The molecule has 0 amide bonds. The summed E-state index contributed by atoms with van der Waals surface area (Å²) in [5, 5.41) is 26.0. The quantitative estimate of drug-likeness (QED) is 0.184. The standard InChI is InChI=1S/C14H17N5.C10H9N3O2.CH4O3S/c1-19-9-6-13(18-19)11-4-2-3-5-12(11)17-10-14-15-7-8-16-14;1-12-7-6-9(11-12)8-4-2-3-5-10(8)13(14)15;1-5(2,3)4/h2-6,9,17H,7-8,10H2,1H3,(H,15,16);2-7H,1H3;1H3,(H,2,3,4). The first kappa shape index (κ1) is 29.0. The Labute approximate surface area is 226 Å². The number of nitrogens with one attached hydrogen (secondary N) is 2. The molecular formula is C25H30N8O5S. The smallest absolute Gasteiger partial charge is 0.278 e. The van der Waals surface area contributed by atoms with E-state index in [0.717, 1.165) is 42.4 Å². The Morgan fingerprint density at radius 3 is 2.03 bits per heavy atom. The maximum absolute atomic E-state index is 10.8. The summed E-state index contributed by atoms with van der Waals surface area (Å²) in [5.74, 6) is 1.02. The average Bonchev–Trinajstić information content (AvgIpc) is 3.65. The first-order chi connectivity index (χ1) is 18.5. The summed E-state index contributed by atoms with van der Waals surface area (Å²) >= 11 is 0. The van der Waals surface area contributed by atoms with E-state index in [4.69, 9.17) is 4.55 Å². The molecule has 0 spiro atoms. The van der Waals surface area contributed by atoms with Crippen LogP contribution in [0.3, 0.4) is 0 Å². The SMILES string of the molecule is CS(=O)(=O)O.Cn1ccc(-c2ccccc2NCC2=NCCN2)n1.Cn1ccc(-c2ccccc2[N+](=O)[O-])n1. The molecule has 3 N–H and O–H groups in total. The molecule has 2 aromatic carbocycles. The second kappa shape index (κ2) is 13.3. The summed E-state index contributed by atoms with van der Waals surface area (Å²) in [6.07, 6.45) is 4.42. The molecule has 0 aliphatic carbocycles. The van der Waals surface area contributed by atoms with Gasteiger partial charge in [-0.25, -0.2) is 0 Å². The Bertz CT molecular complexity index is 1540. The van der Waals surface area contributed by atoms with Crippen LogP contribution < -0.4 is 10.6 Å². The predicted molar refractivity (Wildman–Crippen MR) is 150 cm³/mol. The molecule has 2 aromatic heterocycles. The topological polar surface area (TPSA) is 170 Å². The minimum atomic E-state index is -3.67. The van der Waals surface area contributed by atoms with Gasteiger partial charge in [0.15, 0.2) is 0 Å². The van der Waals surface area contributed by atoms with Crippen LogP contribution >= 0.6 is 0 Å². The van der Waals surface area contributed by atoms with Crippen molar-refractivity contribution in [3.63, 3.8) is 0 Å². The Morgan fingerprint density at radius 2 is 1.51 bits per heavy atom. The zero-order chi connectivity index (χ0) is 28.4. The average molecular weight is 555 g/mol. The molecule has 14 heteroatoms. The van der Waals surface area contributed by atoms with Crippen molar-refractivity contribution in [3.8, 4) is 22.5 Å². The lowest BCUT2D eigenvalue weighted by atomic mass is 10.1. The summed E-state index contributed by atoms with van der Waals surface area (Å²) in [5.41, 5.74) is 4.41. The lowest BCUT2D eigenvalue weighted by Gasteiger charge is -2.10. The highest BCUT2D eigenvalue weighted by Gasteiger charge is 2.15. The molecule has 0 saturated heterocycles. The van der Waals surface area contributed by atoms with E-state index in [1.54, 1.807) is 42.2 Å². The number of anilines is 1. The van der Waals surface area contributed by atoms with E-state index in [2.05, 4.69) is 38.0 Å². The number of nitrogens with zero attached hydrogens (tertiary/aromatic N) is 6. The molecule has 0 bridgehead atoms. The van der Waals surface area contributed by atoms with Crippen molar-refractivity contribution in [2.75, 3.05) is 31.2 Å². The molecule has 5 rings (SSSR count). The second-order valence-electron chi connectivity index (χ2n) is 8.41. The van der Waals surface area contributed by atoms with Crippen LogP contribution in [0.15, 0.2) is 78.0 Å². The molecule has 0 radical (unpaired) electrons. The van der Waals surface area contributed by atoms with Gasteiger partial charge in [-0.15, -0.1) is 0 Å². The van der Waals surface area contributed by atoms with Crippen molar-refractivity contribution < 1.29 is 17.9 Å². The maximum Gasteiger partial charge on any atom is 0.278 e. The van der Waals surface area contributed by atoms with Crippen LogP contribution in [0.5, 0.6) is 0 Å². The van der Waals surface area contributed by atoms with Gasteiger partial charge in [0.1, 0.15) is 5.84 Å². The number of nitro benzene ring substituents is 1. The van der Waals surface area contributed by atoms with Crippen LogP contribution in [-0.2, 0) is 24.2 Å². The summed E-state index contributed by atoms with van der Waals surface area (Å²) in [4.78, 5) is 14.8. The van der Waals surface area contributed by atoms with Crippen molar-refractivity contribution >= 4 is 27.3 Å². The Balaban J connectivity index is 0.000000188. The van der Waals surface area contributed by atoms with Crippen LogP contribution in [0.25, 0.3) is 22.5 Å². The van der Waals surface area contributed by atoms with Gasteiger partial charge in [-0.05, 0) is 24.3 Å². The fourth-order valence-corrected chi connectivity index (χ4v) is 3.57. The van der Waals surface area contributed by atoms with Crippen LogP contribution in [0.2, 0.25) is 0 Å². The van der Waals surface area contributed by atoms with E-state index >= 15 is 0 Å². The van der Waals surface area contributed by atoms with E-state index in [9.17, 15) is 18.5 Å². The Kier molecular flexibility index (Phi) is 9.89. The summed E-state index contributed by atoms with van der Waals surface area (Å²) in [6, 6.07) is 18.5. The van der Waals surface area contributed by atoms with Crippen molar-refractivity contribution in [2.45, 2.75) is 0 Å². The van der Waals surface area contributed by atoms with Crippen molar-refractivity contribution in [3.05, 3.63) is 83.2 Å². The predicted octanol–water partition coefficient (Wildman–Crippen LogP) is 3.00. The number of benzene rings is 2. The first-order valence-corrected chi connectivity index (χ1v) is 13.6. The summed E-state index contributed by atoms with van der Waals surface area (Å²) in [7, 11) is 0.0367. The number of rotatable bonds is 6. The number of nitro groups is 1. The van der Waals surface area contributed by atoms with E-state index in [-0.39, 0.29) is 5.69 Å². The van der Waals surface area contributed by atoms with Gasteiger partial charge >= 0.3 is 0 Å². The van der Waals surface area contributed by atoms with E-state index < -0.39 is 15.0 Å². The highest BCUT2D eigenvalue weighted by atomic mass is 32.2. The molecule has 0 unspecified atom stereocenters. The van der Waals surface area contributed by atoms with Gasteiger partial charge in [-0.3, -0.25) is 29.0 Å². The fourth-order valence-electron chi connectivity index (χ4n) is 3.57. The zero-order valence-corrected chi connectivity index (χ0v) is 22.5. The molecule has 0 atom stereocenters. The molecule has 4 aromatic rings. The van der Waals surface area contributed by atoms with Gasteiger partial charge in [0.2, 0.25) is 0 Å². The lowest BCUT2D eigenvalue weighted by Crippen LogP contribution is -2.26. The zero-order valence-electron chi connectivity index (χ0n) is 21.7. The van der Waals surface area contributed by atoms with Gasteiger partial charge in [0.25, 0.3) is 15.8 Å². The minimum absolute atomic E-state index is 0.0798. The Morgan fingerprint density at radius 1 is 0.974 bits per heavy atom. The van der Waals surface area contributed by atoms with E-state index in [0.29, 0.717) is 17.5 Å². The molecule has 1 aliphatic rings. The van der Waals surface area contributed by atoms with Crippen LogP contribution in [-0.4, -0.2) is 69.2 Å². The second-order valence-corrected chi connectivity index (χ2v) is 9.88. The fraction of sp³-hybridized carbons (Fsp3) is 0.240. The van der Waals surface area contributed by atoms with Gasteiger partial charge in [-0.2, -0.15) is 18.6 Å². The van der Waals surface area contributed by atoms with Gasteiger partial charge in [0.05, 0.1) is 41.2 Å². The third kappa shape index (κ3) is 9.36. The molecule has 39 heavy (non-hydrogen) atoms. The number of hydrogen-bond donors (Lipinski definition) is 3. The monoisotopic (exact) mass is 554 g/mol. The number of amidine groups is 1. The van der Waals surface area contributed by atoms with Crippen molar-refractivity contribution in [1.82, 2.24) is 24.9 Å². The van der Waals surface area contributed by atoms with Gasteiger partial charge < -0.3 is 10.6 Å². The van der Waals surface area contributed by atoms with Crippen molar-refractivity contribution in [2.24, 2.45) is 19.1 Å². The van der Waals surface area contributed by atoms with Gasteiger partial charge in [0, 0.05) is 50.4 Å². The summed E-state index contributed by atoms with van der Waals surface area (Å²) < 4.78 is 29.3. The molecule has 0 saturated carbocycles. The number of aromatic nitrogens is 4. The van der Waals surface area contributed by atoms with Crippen LogP contribution in [0.4, 0.5) is 11.4 Å². The van der Waals surface area contributed by atoms with Crippen LogP contribution in [0, 0.1) is 10.1 Å². The number of para-hydroxylation sites is 2. The third-order valence-corrected chi connectivity index (χ3v) is 5.20. The largest absolute Gasteiger partial charge is 0.377 e. The summed E-state index contributed by atoms with van der Waals surface area (Å²) in [6.45, 7) is 2.54. The molecule has 206 valence electrons. The molecule has 1 aliphatic heterocycles. The molecule has 13 nitrogen and oxygen atoms in total. The highest BCUT2D eigenvalue weighted by Crippen LogP contribution is 2.28. The first-order valence-electron chi connectivity index (χ1n) is 11.8. The van der Waals surface area contributed by atoms with Crippen molar-refractivity contribution in [1.29, 1.82) is 0 Å². The molecule has 0 fully saturated rings. The lowest BCUT2D eigenvalue weighted by molar-refractivity contribution is -0.384. The molecular weight excluding hydrogens is 524 g/mol. The van der Waals surface area contributed by atoms with E-state index in [1.807, 2.05) is 36.1 Å².